The van der Waals surface area contributed by atoms with Crippen molar-refractivity contribution in [1.82, 2.24) is 20.4 Å². The molecule has 5 rings (SSSR count). The van der Waals surface area contributed by atoms with Gasteiger partial charge in [0.1, 0.15) is 0 Å². The van der Waals surface area contributed by atoms with Crippen LogP contribution in [0.1, 0.15) is 34.7 Å². The van der Waals surface area contributed by atoms with Crippen molar-refractivity contribution in [3.63, 3.8) is 0 Å². The molecule has 3 aromatic carbocycles. The van der Waals surface area contributed by atoms with Gasteiger partial charge in [0, 0.05) is 23.1 Å². The van der Waals surface area contributed by atoms with Crippen LogP contribution < -0.4 is 20.1 Å². The maximum atomic E-state index is 13.3. The van der Waals surface area contributed by atoms with Crippen LogP contribution in [0.25, 0.3) is 11.4 Å². The van der Waals surface area contributed by atoms with Crippen LogP contribution >= 0.6 is 15.9 Å². The van der Waals surface area contributed by atoms with E-state index in [9.17, 15) is 9.59 Å². The molecule has 0 aliphatic carbocycles. The highest BCUT2D eigenvalue weighted by Crippen LogP contribution is 2.28. The predicted molar refractivity (Wildman–Crippen MR) is 166 cm³/mol. The van der Waals surface area contributed by atoms with Crippen LogP contribution in [0.4, 0.5) is 5.69 Å². The van der Waals surface area contributed by atoms with Gasteiger partial charge in [-0.25, -0.2) is 0 Å². The van der Waals surface area contributed by atoms with Gasteiger partial charge < -0.3 is 24.6 Å². The largest absolute Gasteiger partial charge is 0.493 e. The molecule has 224 valence electrons. The maximum absolute atomic E-state index is 13.3. The maximum Gasteiger partial charge on any atom is 0.253 e. The number of methoxy groups -OCH3 is 2. The summed E-state index contributed by atoms with van der Waals surface area (Å²) in [6.07, 6.45) is 2.24. The molecule has 0 bridgehead atoms. The van der Waals surface area contributed by atoms with Gasteiger partial charge in [0.25, 0.3) is 5.91 Å². The molecule has 0 radical (unpaired) electrons. The van der Waals surface area contributed by atoms with E-state index in [4.69, 9.17) is 14.0 Å². The first-order valence-electron chi connectivity index (χ1n) is 14.1. The van der Waals surface area contributed by atoms with E-state index in [0.717, 1.165) is 35.0 Å². The lowest BCUT2D eigenvalue weighted by Crippen LogP contribution is -2.40. The lowest BCUT2D eigenvalue weighted by Gasteiger charge is -2.31. The van der Waals surface area contributed by atoms with E-state index in [0.29, 0.717) is 60.5 Å². The van der Waals surface area contributed by atoms with Crippen LogP contribution in [-0.2, 0) is 17.8 Å². The molecule has 11 heteroatoms. The Labute approximate surface area is 258 Å². The van der Waals surface area contributed by atoms with Crippen LogP contribution in [0.3, 0.4) is 0 Å². The second-order valence-electron chi connectivity index (χ2n) is 10.3. The summed E-state index contributed by atoms with van der Waals surface area (Å²) in [5, 5.41) is 10.1. The lowest BCUT2D eigenvalue weighted by atomic mass is 9.96. The van der Waals surface area contributed by atoms with Crippen molar-refractivity contribution in [2.24, 2.45) is 5.92 Å². The molecule has 1 fully saturated rings. The number of hydrogen-bond donors (Lipinski definition) is 2. The number of hydrogen-bond acceptors (Lipinski definition) is 8. The van der Waals surface area contributed by atoms with Gasteiger partial charge >= 0.3 is 0 Å². The summed E-state index contributed by atoms with van der Waals surface area (Å²) in [6, 6.07) is 20.5. The van der Waals surface area contributed by atoms with Crippen LogP contribution in [0.15, 0.2) is 75.7 Å². The Morgan fingerprint density at radius 3 is 2.63 bits per heavy atom. The molecule has 1 aliphatic heterocycles. The van der Waals surface area contributed by atoms with E-state index in [1.165, 1.54) is 0 Å². The van der Waals surface area contributed by atoms with E-state index >= 15 is 0 Å². The topological polar surface area (TPSA) is 119 Å². The highest BCUT2D eigenvalue weighted by Gasteiger charge is 2.28. The number of aromatic nitrogens is 2. The molecular formula is C32H34BrN5O5. The fraction of sp³-hybridized carbons (Fsp3) is 0.312. The third kappa shape index (κ3) is 7.79. The number of ether oxygens (including phenoxy) is 2. The Morgan fingerprint density at radius 2 is 1.84 bits per heavy atom. The smallest absolute Gasteiger partial charge is 0.253 e. The molecule has 2 heterocycles. The van der Waals surface area contributed by atoms with Crippen molar-refractivity contribution >= 4 is 33.4 Å². The number of nitrogens with one attached hydrogen (secondary N) is 2. The monoisotopic (exact) mass is 647 g/mol. The van der Waals surface area contributed by atoms with Gasteiger partial charge in [0.2, 0.25) is 17.6 Å². The minimum absolute atomic E-state index is 0.114. The SMILES string of the molecule is COc1ccc(CCNC(=O)c2ccccc2NC(=O)C2CCCN(Cc3nc(-c4ccc(Br)cc4)no3)C2)cc1OC. The second-order valence-corrected chi connectivity index (χ2v) is 11.2. The van der Waals surface area contributed by atoms with Crippen molar-refractivity contribution < 1.29 is 23.6 Å². The molecule has 1 aliphatic rings. The summed E-state index contributed by atoms with van der Waals surface area (Å²) < 4.78 is 17.1. The first-order chi connectivity index (χ1) is 20.9. The van der Waals surface area contributed by atoms with Crippen LogP contribution in [-0.4, -0.2) is 60.7 Å². The number of anilines is 1. The Bertz CT molecular complexity index is 1560. The fourth-order valence-corrected chi connectivity index (χ4v) is 5.38. The number of nitrogens with zero attached hydrogens (tertiary/aromatic N) is 3. The molecule has 4 aromatic rings. The summed E-state index contributed by atoms with van der Waals surface area (Å²) in [6.45, 7) is 2.28. The van der Waals surface area contributed by atoms with Gasteiger partial charge in [-0.3, -0.25) is 14.5 Å². The number of likely N-dealkylation sites (tertiary alicyclic amines) is 1. The minimum Gasteiger partial charge on any atom is -0.493 e. The molecule has 1 unspecified atom stereocenters. The zero-order valence-corrected chi connectivity index (χ0v) is 25.7. The highest BCUT2D eigenvalue weighted by atomic mass is 79.9. The molecule has 10 nitrogen and oxygen atoms in total. The molecule has 0 saturated carbocycles. The fourth-order valence-electron chi connectivity index (χ4n) is 5.12. The summed E-state index contributed by atoms with van der Waals surface area (Å²) in [5.74, 6) is 1.74. The first-order valence-corrected chi connectivity index (χ1v) is 14.9. The molecule has 1 atom stereocenters. The molecule has 1 saturated heterocycles. The number of halogens is 1. The molecule has 2 N–H and O–H groups in total. The molecule has 0 spiro atoms. The molecule has 1 aromatic heterocycles. The molecule has 43 heavy (non-hydrogen) atoms. The number of carbonyl (C=O) groups excluding carboxylic acids is 2. The third-order valence-corrected chi connectivity index (χ3v) is 7.91. The Balaban J connectivity index is 1.15. The number of piperidine rings is 1. The van der Waals surface area contributed by atoms with E-state index in [1.807, 2.05) is 48.5 Å². The lowest BCUT2D eigenvalue weighted by molar-refractivity contribution is -0.121. The average Bonchev–Trinajstić information content (AvgIpc) is 3.50. The number of rotatable bonds is 11. The van der Waals surface area contributed by atoms with Crippen molar-refractivity contribution in [2.75, 3.05) is 39.2 Å². The van der Waals surface area contributed by atoms with E-state index in [2.05, 4.69) is 41.6 Å². The Kier molecular flexibility index (Phi) is 10.1. The Morgan fingerprint density at radius 1 is 1.05 bits per heavy atom. The third-order valence-electron chi connectivity index (χ3n) is 7.38. The Hall–Kier alpha value is -4.22. The molecule has 2 amide bonds. The summed E-state index contributed by atoms with van der Waals surface area (Å²) in [4.78, 5) is 33.1. The minimum atomic E-state index is -0.250. The summed E-state index contributed by atoms with van der Waals surface area (Å²) in [5.41, 5.74) is 2.79. The summed E-state index contributed by atoms with van der Waals surface area (Å²) >= 11 is 3.43. The van der Waals surface area contributed by atoms with Crippen molar-refractivity contribution in [3.8, 4) is 22.9 Å². The number of amides is 2. The first kappa shape index (κ1) is 30.2. The highest BCUT2D eigenvalue weighted by molar-refractivity contribution is 9.10. The zero-order valence-electron chi connectivity index (χ0n) is 24.1. The molecular weight excluding hydrogens is 614 g/mol. The standard InChI is InChI=1S/C32H34BrN5O5/c1-41-27-14-9-21(18-28(27)42-2)15-16-34-32(40)25-7-3-4-8-26(25)35-31(39)23-6-5-17-38(19-23)20-29-36-30(37-43-29)22-10-12-24(33)13-11-22/h3-4,7-14,18,23H,5-6,15-17,19-20H2,1-2H3,(H,34,40)(H,35,39). The van der Waals surface area contributed by atoms with Crippen molar-refractivity contribution in [2.45, 2.75) is 25.8 Å². The van der Waals surface area contributed by atoms with Gasteiger partial charge in [-0.15, -0.1) is 0 Å². The summed E-state index contributed by atoms with van der Waals surface area (Å²) in [7, 11) is 3.18. The van der Waals surface area contributed by atoms with E-state index < -0.39 is 0 Å². The average molecular weight is 649 g/mol. The second kappa shape index (κ2) is 14.3. The predicted octanol–water partition coefficient (Wildman–Crippen LogP) is 5.34. The van der Waals surface area contributed by atoms with Gasteiger partial charge in [0.05, 0.1) is 37.9 Å². The quantitative estimate of drug-likeness (QED) is 0.224. The van der Waals surface area contributed by atoms with Crippen LogP contribution in [0, 0.1) is 5.92 Å². The van der Waals surface area contributed by atoms with E-state index in [-0.39, 0.29) is 17.7 Å². The number of carbonyl (C=O) groups is 2. The van der Waals surface area contributed by atoms with Gasteiger partial charge in [-0.1, -0.05) is 39.3 Å². The normalized spacial score (nSPS) is 15.1. The zero-order chi connectivity index (χ0) is 30.2. The van der Waals surface area contributed by atoms with Crippen molar-refractivity contribution in [3.05, 3.63) is 88.2 Å². The van der Waals surface area contributed by atoms with Gasteiger partial charge in [0.15, 0.2) is 11.5 Å². The van der Waals surface area contributed by atoms with Gasteiger partial charge in [-0.05, 0) is 79.9 Å². The van der Waals surface area contributed by atoms with Crippen molar-refractivity contribution in [1.29, 1.82) is 0 Å². The van der Waals surface area contributed by atoms with Crippen LogP contribution in [0.2, 0.25) is 0 Å². The van der Waals surface area contributed by atoms with Crippen LogP contribution in [0.5, 0.6) is 11.5 Å². The van der Waals surface area contributed by atoms with Gasteiger partial charge in [-0.2, -0.15) is 4.98 Å². The number of para-hydroxylation sites is 1. The van der Waals surface area contributed by atoms with E-state index in [1.54, 1.807) is 32.4 Å². The number of benzene rings is 3.